The Bertz CT molecular complexity index is 736. The molecule has 0 heterocycles. The molecule has 2 N–H and O–H groups in total. The average molecular weight is 647 g/mol. The Morgan fingerprint density at radius 2 is 0.955 bits per heavy atom. The van der Waals surface area contributed by atoms with Crippen molar-refractivity contribution in [2.24, 2.45) is 0 Å². The van der Waals surface area contributed by atoms with Crippen molar-refractivity contribution in [3.8, 4) is 0 Å². The molecule has 0 saturated carbocycles. The standard InChI is InChI=1S/C35H67O8P/c1-3-5-7-9-11-13-15-16-17-18-20-21-23-25-27-29-34(36)41-31-33(32-42-44(38,39)40)43-35(37)30-28-26-24-22-19-14-12-10-8-6-4-2/h18,20,33H,3-17,19,21-32H2,1-2H3,(H2,38,39,40)/b20-18+/t33-/m1/s1. The lowest BCUT2D eigenvalue weighted by Gasteiger charge is -2.18. The summed E-state index contributed by atoms with van der Waals surface area (Å²) in [5.74, 6) is -0.899. The third-order valence-electron chi connectivity index (χ3n) is 7.78. The van der Waals surface area contributed by atoms with Crippen LogP contribution in [0.25, 0.3) is 0 Å². The van der Waals surface area contributed by atoms with Gasteiger partial charge in [0.1, 0.15) is 6.61 Å². The van der Waals surface area contributed by atoms with Crippen LogP contribution >= 0.6 is 7.82 Å². The second-order valence-corrected chi connectivity index (χ2v) is 13.4. The molecule has 0 aliphatic heterocycles. The molecule has 9 heteroatoms. The maximum atomic E-state index is 12.3. The molecule has 44 heavy (non-hydrogen) atoms. The molecule has 0 aromatic rings. The normalized spacial score (nSPS) is 12.5. The minimum atomic E-state index is -4.74. The fourth-order valence-electron chi connectivity index (χ4n) is 5.07. The van der Waals surface area contributed by atoms with Gasteiger partial charge in [0.15, 0.2) is 6.10 Å². The first-order valence-electron chi connectivity index (χ1n) is 18.0. The van der Waals surface area contributed by atoms with Crippen molar-refractivity contribution in [1.82, 2.24) is 0 Å². The topological polar surface area (TPSA) is 119 Å². The quantitative estimate of drug-likeness (QED) is 0.0313. The van der Waals surface area contributed by atoms with Crippen LogP contribution < -0.4 is 0 Å². The molecule has 0 aliphatic carbocycles. The van der Waals surface area contributed by atoms with Crippen molar-refractivity contribution in [3.05, 3.63) is 12.2 Å². The first-order chi connectivity index (χ1) is 21.3. The third-order valence-corrected chi connectivity index (χ3v) is 8.27. The molecule has 1 atom stereocenters. The van der Waals surface area contributed by atoms with Crippen molar-refractivity contribution in [2.45, 2.75) is 187 Å². The van der Waals surface area contributed by atoms with Gasteiger partial charge in [0.25, 0.3) is 0 Å². The molecule has 0 radical (unpaired) electrons. The molecule has 8 nitrogen and oxygen atoms in total. The van der Waals surface area contributed by atoms with Crippen LogP contribution in [0.4, 0.5) is 0 Å². The van der Waals surface area contributed by atoms with E-state index in [1.54, 1.807) is 0 Å². The number of unbranched alkanes of at least 4 members (excludes halogenated alkanes) is 21. The number of phosphoric ester groups is 1. The summed E-state index contributed by atoms with van der Waals surface area (Å²) in [5, 5.41) is 0. The highest BCUT2D eigenvalue weighted by Gasteiger charge is 2.22. The van der Waals surface area contributed by atoms with Gasteiger partial charge >= 0.3 is 19.8 Å². The maximum Gasteiger partial charge on any atom is 0.469 e. The smallest absolute Gasteiger partial charge is 0.462 e. The second-order valence-electron chi connectivity index (χ2n) is 12.2. The van der Waals surface area contributed by atoms with E-state index >= 15 is 0 Å². The SMILES string of the molecule is CCCCCCCCCC/C=C/CCCCCC(=O)OC[C@H](COP(=O)(O)O)OC(=O)CCCCCCCCCCCCC. The lowest BCUT2D eigenvalue weighted by molar-refractivity contribution is -0.161. The molecule has 260 valence electrons. The summed E-state index contributed by atoms with van der Waals surface area (Å²) in [7, 11) is -4.74. The molecule has 0 aromatic heterocycles. The number of ether oxygens (including phenoxy) is 2. The van der Waals surface area contributed by atoms with Gasteiger partial charge in [-0.3, -0.25) is 14.1 Å². The van der Waals surface area contributed by atoms with Gasteiger partial charge in [-0.2, -0.15) is 0 Å². The van der Waals surface area contributed by atoms with Gasteiger partial charge in [-0.25, -0.2) is 4.57 Å². The Labute approximate surface area is 269 Å². The number of hydrogen-bond donors (Lipinski definition) is 2. The number of phosphoric acid groups is 1. The monoisotopic (exact) mass is 646 g/mol. The van der Waals surface area contributed by atoms with Crippen LogP contribution in [0.3, 0.4) is 0 Å². The van der Waals surface area contributed by atoms with E-state index in [1.165, 1.54) is 96.3 Å². The summed E-state index contributed by atoms with van der Waals surface area (Å²) in [6.45, 7) is 3.65. The van der Waals surface area contributed by atoms with Crippen molar-refractivity contribution >= 4 is 19.8 Å². The molecular weight excluding hydrogens is 579 g/mol. The molecule has 0 amide bonds. The maximum absolute atomic E-state index is 12.3. The molecule has 0 bridgehead atoms. The summed E-state index contributed by atoms with van der Waals surface area (Å²) >= 11 is 0. The molecule has 0 fully saturated rings. The van der Waals surface area contributed by atoms with Crippen LogP contribution in [0, 0.1) is 0 Å². The van der Waals surface area contributed by atoms with Gasteiger partial charge in [0.05, 0.1) is 6.61 Å². The lowest BCUT2D eigenvalue weighted by atomic mass is 10.1. The summed E-state index contributed by atoms with van der Waals surface area (Å²) in [4.78, 5) is 42.5. The van der Waals surface area contributed by atoms with E-state index in [-0.39, 0.29) is 19.4 Å². The van der Waals surface area contributed by atoms with Gasteiger partial charge in [-0.15, -0.1) is 0 Å². The Kier molecular flexibility index (Phi) is 30.9. The zero-order valence-corrected chi connectivity index (χ0v) is 29.2. The number of carbonyl (C=O) groups excluding carboxylic acids is 2. The van der Waals surface area contributed by atoms with Crippen molar-refractivity contribution in [3.63, 3.8) is 0 Å². The number of esters is 2. The minimum absolute atomic E-state index is 0.213. The molecule has 0 unspecified atom stereocenters. The highest BCUT2D eigenvalue weighted by atomic mass is 31.2. The summed E-state index contributed by atoms with van der Waals surface area (Å²) in [5.41, 5.74) is 0. The Balaban J connectivity index is 3.98. The van der Waals surface area contributed by atoms with Gasteiger partial charge in [-0.1, -0.05) is 142 Å². The number of hydrogen-bond acceptors (Lipinski definition) is 6. The average Bonchev–Trinajstić information content (AvgIpc) is 2.98. The molecule has 0 aromatic carbocycles. The molecule has 0 rings (SSSR count). The zero-order chi connectivity index (χ0) is 32.6. The van der Waals surface area contributed by atoms with E-state index in [4.69, 9.17) is 19.3 Å². The van der Waals surface area contributed by atoms with E-state index in [1.807, 2.05) is 0 Å². The van der Waals surface area contributed by atoms with Gasteiger partial charge in [0.2, 0.25) is 0 Å². The van der Waals surface area contributed by atoms with E-state index in [0.717, 1.165) is 44.9 Å². The van der Waals surface area contributed by atoms with Crippen LogP contribution in [0.2, 0.25) is 0 Å². The van der Waals surface area contributed by atoms with E-state index in [2.05, 4.69) is 30.5 Å². The Morgan fingerprint density at radius 1 is 0.568 bits per heavy atom. The number of allylic oxidation sites excluding steroid dienone is 2. The largest absolute Gasteiger partial charge is 0.469 e. The highest BCUT2D eigenvalue weighted by molar-refractivity contribution is 7.46. The fraction of sp³-hybridized carbons (Fsp3) is 0.886. The molecule has 0 aliphatic rings. The first kappa shape index (κ1) is 42.8. The van der Waals surface area contributed by atoms with Crippen molar-refractivity contribution in [1.29, 1.82) is 0 Å². The van der Waals surface area contributed by atoms with E-state index in [9.17, 15) is 14.2 Å². The van der Waals surface area contributed by atoms with Crippen LogP contribution in [0.5, 0.6) is 0 Å². The summed E-state index contributed by atoms with van der Waals surface area (Å²) in [6, 6.07) is 0. The number of rotatable bonds is 33. The van der Waals surface area contributed by atoms with Crippen LogP contribution in [-0.2, 0) is 28.2 Å². The van der Waals surface area contributed by atoms with Gasteiger partial charge in [0, 0.05) is 12.8 Å². The Hall–Kier alpha value is -1.21. The van der Waals surface area contributed by atoms with Crippen LogP contribution in [-0.4, -0.2) is 41.0 Å². The summed E-state index contributed by atoms with van der Waals surface area (Å²) in [6.07, 6.45) is 32.2. The van der Waals surface area contributed by atoms with E-state index in [0.29, 0.717) is 12.8 Å². The first-order valence-corrected chi connectivity index (χ1v) is 19.5. The minimum Gasteiger partial charge on any atom is -0.462 e. The molecule has 0 spiro atoms. The third kappa shape index (κ3) is 33.7. The lowest BCUT2D eigenvalue weighted by Crippen LogP contribution is -2.29. The van der Waals surface area contributed by atoms with Crippen LogP contribution in [0.1, 0.15) is 181 Å². The number of carbonyl (C=O) groups is 2. The van der Waals surface area contributed by atoms with Crippen molar-refractivity contribution < 1.29 is 37.9 Å². The predicted octanol–water partition coefficient (Wildman–Crippen LogP) is 10.3. The second kappa shape index (κ2) is 31.8. The van der Waals surface area contributed by atoms with Gasteiger partial charge in [-0.05, 0) is 38.5 Å². The van der Waals surface area contributed by atoms with E-state index < -0.39 is 32.5 Å². The molecular formula is C35H67O8P. The Morgan fingerprint density at radius 3 is 1.41 bits per heavy atom. The van der Waals surface area contributed by atoms with Crippen LogP contribution in [0.15, 0.2) is 12.2 Å². The summed E-state index contributed by atoms with van der Waals surface area (Å²) < 4.78 is 26.2. The van der Waals surface area contributed by atoms with Gasteiger partial charge < -0.3 is 19.3 Å². The molecule has 0 saturated heterocycles. The predicted molar refractivity (Wildman–Crippen MR) is 179 cm³/mol. The fourth-order valence-corrected chi connectivity index (χ4v) is 5.43. The van der Waals surface area contributed by atoms with Crippen molar-refractivity contribution in [2.75, 3.05) is 13.2 Å². The highest BCUT2D eigenvalue weighted by Crippen LogP contribution is 2.36. The zero-order valence-electron chi connectivity index (χ0n) is 28.3.